The second kappa shape index (κ2) is 6.54. The van der Waals surface area contributed by atoms with Crippen LogP contribution in [0.15, 0.2) is 6.33 Å². The van der Waals surface area contributed by atoms with E-state index in [2.05, 4.69) is 27.5 Å². The van der Waals surface area contributed by atoms with Crippen molar-refractivity contribution in [3.63, 3.8) is 0 Å². The van der Waals surface area contributed by atoms with Gasteiger partial charge in [0.25, 0.3) is 0 Å². The van der Waals surface area contributed by atoms with Crippen molar-refractivity contribution in [1.82, 2.24) is 9.97 Å². The van der Waals surface area contributed by atoms with E-state index in [0.29, 0.717) is 0 Å². The highest BCUT2D eigenvalue weighted by molar-refractivity contribution is 5.56. The minimum absolute atomic E-state index is 0.735. The molecule has 1 aromatic heterocycles. The first kappa shape index (κ1) is 13.1. The molecule has 0 aliphatic heterocycles. The molecule has 100 valence electrons. The van der Waals surface area contributed by atoms with Crippen molar-refractivity contribution < 1.29 is 4.74 Å². The second-order valence-corrected chi connectivity index (χ2v) is 4.60. The maximum atomic E-state index is 5.59. The molecule has 2 rings (SSSR count). The standard InChI is InChI=1S/C13H22N4O/c1-3-11-12(14-2)16-9-17-13(11)15-6-7-18-8-10-4-5-10/h9-10H,3-8H2,1-2H3,(H2,14,15,16,17). The third kappa shape index (κ3) is 3.57. The molecule has 1 fully saturated rings. The highest BCUT2D eigenvalue weighted by Crippen LogP contribution is 2.28. The van der Waals surface area contributed by atoms with Crippen molar-refractivity contribution in [2.75, 3.05) is 37.4 Å². The van der Waals surface area contributed by atoms with Crippen LogP contribution in [0.25, 0.3) is 0 Å². The first-order chi connectivity index (χ1) is 8.85. The average Bonchev–Trinajstić information content (AvgIpc) is 3.22. The predicted octanol–water partition coefficient (Wildman–Crippen LogP) is 1.92. The molecule has 18 heavy (non-hydrogen) atoms. The molecule has 0 unspecified atom stereocenters. The van der Waals surface area contributed by atoms with Gasteiger partial charge in [-0.2, -0.15) is 0 Å². The molecule has 0 amide bonds. The van der Waals surface area contributed by atoms with Crippen molar-refractivity contribution in [2.45, 2.75) is 26.2 Å². The quantitative estimate of drug-likeness (QED) is 0.690. The maximum absolute atomic E-state index is 5.59. The van der Waals surface area contributed by atoms with E-state index in [0.717, 1.165) is 49.3 Å². The van der Waals surface area contributed by atoms with Crippen LogP contribution in [0.2, 0.25) is 0 Å². The van der Waals surface area contributed by atoms with Crippen LogP contribution in [0.4, 0.5) is 11.6 Å². The fraction of sp³-hybridized carbons (Fsp3) is 0.692. The summed E-state index contributed by atoms with van der Waals surface area (Å²) in [4.78, 5) is 8.50. The first-order valence-corrected chi connectivity index (χ1v) is 6.68. The van der Waals surface area contributed by atoms with E-state index in [1.165, 1.54) is 12.8 Å². The van der Waals surface area contributed by atoms with Crippen LogP contribution < -0.4 is 10.6 Å². The van der Waals surface area contributed by atoms with Gasteiger partial charge in [0.05, 0.1) is 6.61 Å². The summed E-state index contributed by atoms with van der Waals surface area (Å²) in [7, 11) is 1.88. The lowest BCUT2D eigenvalue weighted by atomic mass is 10.2. The molecule has 0 aromatic carbocycles. The van der Waals surface area contributed by atoms with Gasteiger partial charge in [-0.25, -0.2) is 9.97 Å². The van der Waals surface area contributed by atoms with Crippen LogP contribution in [0.5, 0.6) is 0 Å². The van der Waals surface area contributed by atoms with Crippen molar-refractivity contribution in [3.8, 4) is 0 Å². The highest BCUT2D eigenvalue weighted by atomic mass is 16.5. The fourth-order valence-electron chi connectivity index (χ4n) is 1.89. The van der Waals surface area contributed by atoms with Crippen LogP contribution in [0.1, 0.15) is 25.3 Å². The SMILES string of the molecule is CCc1c(NC)ncnc1NCCOCC1CC1. The Labute approximate surface area is 108 Å². The lowest BCUT2D eigenvalue weighted by Crippen LogP contribution is -2.14. The molecular weight excluding hydrogens is 228 g/mol. The topological polar surface area (TPSA) is 59.1 Å². The van der Waals surface area contributed by atoms with Crippen molar-refractivity contribution in [2.24, 2.45) is 5.92 Å². The Bertz CT molecular complexity index is 379. The minimum atomic E-state index is 0.735. The van der Waals surface area contributed by atoms with Gasteiger partial charge in [0.1, 0.15) is 18.0 Å². The number of aromatic nitrogens is 2. The lowest BCUT2D eigenvalue weighted by molar-refractivity contribution is 0.134. The molecule has 1 heterocycles. The summed E-state index contributed by atoms with van der Waals surface area (Å²) in [6.07, 6.45) is 5.16. The number of hydrogen-bond donors (Lipinski definition) is 2. The molecule has 1 aliphatic carbocycles. The first-order valence-electron chi connectivity index (χ1n) is 6.68. The number of ether oxygens (including phenoxy) is 1. The van der Waals surface area contributed by atoms with Crippen molar-refractivity contribution >= 4 is 11.6 Å². The number of nitrogens with one attached hydrogen (secondary N) is 2. The van der Waals surface area contributed by atoms with E-state index in [1.807, 2.05) is 7.05 Å². The van der Waals surface area contributed by atoms with Gasteiger partial charge < -0.3 is 15.4 Å². The monoisotopic (exact) mass is 250 g/mol. The summed E-state index contributed by atoms with van der Waals surface area (Å²) in [5, 5.41) is 6.41. The summed E-state index contributed by atoms with van der Waals surface area (Å²) in [6.45, 7) is 4.54. The van der Waals surface area contributed by atoms with Gasteiger partial charge in [-0.15, -0.1) is 0 Å². The van der Waals surface area contributed by atoms with Crippen LogP contribution in [0.3, 0.4) is 0 Å². The van der Waals surface area contributed by atoms with Gasteiger partial charge in [0, 0.05) is 25.8 Å². The number of hydrogen-bond acceptors (Lipinski definition) is 5. The van der Waals surface area contributed by atoms with E-state index in [-0.39, 0.29) is 0 Å². The number of anilines is 2. The maximum Gasteiger partial charge on any atom is 0.134 e. The van der Waals surface area contributed by atoms with E-state index < -0.39 is 0 Å². The smallest absolute Gasteiger partial charge is 0.134 e. The van der Waals surface area contributed by atoms with Crippen LogP contribution in [-0.4, -0.2) is 36.8 Å². The Kier molecular flexibility index (Phi) is 4.75. The van der Waals surface area contributed by atoms with Crippen LogP contribution in [-0.2, 0) is 11.2 Å². The van der Waals surface area contributed by atoms with Crippen molar-refractivity contribution in [3.05, 3.63) is 11.9 Å². The lowest BCUT2D eigenvalue weighted by Gasteiger charge is -2.12. The molecule has 2 N–H and O–H groups in total. The molecular formula is C13H22N4O. The Morgan fingerprint density at radius 3 is 2.78 bits per heavy atom. The number of nitrogens with zero attached hydrogens (tertiary/aromatic N) is 2. The molecule has 0 atom stereocenters. The van der Waals surface area contributed by atoms with Gasteiger partial charge in [-0.3, -0.25) is 0 Å². The Hall–Kier alpha value is -1.36. The summed E-state index contributed by atoms with van der Waals surface area (Å²) in [5.74, 6) is 2.63. The van der Waals surface area contributed by atoms with E-state index in [1.54, 1.807) is 6.33 Å². The summed E-state index contributed by atoms with van der Waals surface area (Å²) < 4.78 is 5.59. The average molecular weight is 250 g/mol. The van der Waals surface area contributed by atoms with Gasteiger partial charge in [0.15, 0.2) is 0 Å². The second-order valence-electron chi connectivity index (χ2n) is 4.60. The van der Waals surface area contributed by atoms with Gasteiger partial charge in [0.2, 0.25) is 0 Å². The third-order valence-corrected chi connectivity index (χ3v) is 3.13. The fourth-order valence-corrected chi connectivity index (χ4v) is 1.89. The molecule has 1 aromatic rings. The summed E-state index contributed by atoms with van der Waals surface area (Å²) in [6, 6.07) is 0. The zero-order chi connectivity index (χ0) is 12.8. The van der Waals surface area contributed by atoms with Gasteiger partial charge >= 0.3 is 0 Å². The normalized spacial score (nSPS) is 14.6. The summed E-state index contributed by atoms with van der Waals surface area (Å²) in [5.41, 5.74) is 1.13. The largest absolute Gasteiger partial charge is 0.379 e. The van der Waals surface area contributed by atoms with Gasteiger partial charge in [-0.05, 0) is 25.2 Å². The molecule has 0 spiro atoms. The van der Waals surface area contributed by atoms with E-state index in [4.69, 9.17) is 4.74 Å². The molecule has 0 bridgehead atoms. The van der Waals surface area contributed by atoms with E-state index >= 15 is 0 Å². The summed E-state index contributed by atoms with van der Waals surface area (Å²) >= 11 is 0. The highest BCUT2D eigenvalue weighted by Gasteiger charge is 2.20. The minimum Gasteiger partial charge on any atom is -0.379 e. The van der Waals surface area contributed by atoms with Crippen LogP contribution in [0, 0.1) is 5.92 Å². The predicted molar refractivity (Wildman–Crippen MR) is 73.0 cm³/mol. The molecule has 1 aliphatic rings. The number of rotatable bonds is 8. The molecule has 0 radical (unpaired) electrons. The third-order valence-electron chi connectivity index (χ3n) is 3.13. The van der Waals surface area contributed by atoms with Crippen molar-refractivity contribution in [1.29, 1.82) is 0 Å². The molecule has 1 saturated carbocycles. The molecule has 5 heteroatoms. The molecule has 0 saturated heterocycles. The van der Waals surface area contributed by atoms with Crippen LogP contribution >= 0.6 is 0 Å². The Morgan fingerprint density at radius 1 is 1.33 bits per heavy atom. The Morgan fingerprint density at radius 2 is 2.11 bits per heavy atom. The Balaban J connectivity index is 1.79. The zero-order valence-corrected chi connectivity index (χ0v) is 11.2. The van der Waals surface area contributed by atoms with Gasteiger partial charge in [-0.1, -0.05) is 6.92 Å². The zero-order valence-electron chi connectivity index (χ0n) is 11.2. The van der Waals surface area contributed by atoms with E-state index in [9.17, 15) is 0 Å². The molecule has 5 nitrogen and oxygen atoms in total.